The quantitative estimate of drug-likeness (QED) is 0.735. The summed E-state index contributed by atoms with van der Waals surface area (Å²) in [4.78, 5) is 14.9. The SMILES string of the molecule is CCN(CC)c1c(OC(C)Cl)cccc1C(=O)Nc1ccccc1. The molecule has 4 nitrogen and oxygen atoms in total. The summed E-state index contributed by atoms with van der Waals surface area (Å²) in [5.74, 6) is 0.442. The van der Waals surface area contributed by atoms with Crippen LogP contribution in [-0.4, -0.2) is 24.6 Å². The number of alkyl halides is 1. The van der Waals surface area contributed by atoms with E-state index in [1.54, 1.807) is 13.0 Å². The van der Waals surface area contributed by atoms with Crippen LogP contribution in [0.2, 0.25) is 0 Å². The molecule has 0 aromatic heterocycles. The highest BCUT2D eigenvalue weighted by Gasteiger charge is 2.20. The molecule has 0 aliphatic carbocycles. The van der Waals surface area contributed by atoms with Crippen LogP contribution < -0.4 is 15.0 Å². The summed E-state index contributed by atoms with van der Waals surface area (Å²) in [6, 6.07) is 14.8. The Kier molecular flexibility index (Phi) is 6.50. The number of rotatable bonds is 7. The molecule has 1 amide bonds. The van der Waals surface area contributed by atoms with Gasteiger partial charge in [-0.3, -0.25) is 4.79 Å². The number of ether oxygens (including phenoxy) is 1. The second-order valence-corrected chi connectivity index (χ2v) is 5.92. The van der Waals surface area contributed by atoms with E-state index in [0.717, 1.165) is 24.5 Å². The number of anilines is 2. The number of hydrogen-bond donors (Lipinski definition) is 1. The Balaban J connectivity index is 2.42. The summed E-state index contributed by atoms with van der Waals surface area (Å²) in [5.41, 5.74) is 1.61. The van der Waals surface area contributed by atoms with Gasteiger partial charge in [0.25, 0.3) is 5.91 Å². The molecule has 0 aliphatic rings. The molecule has 24 heavy (non-hydrogen) atoms. The van der Waals surface area contributed by atoms with Gasteiger partial charge in [-0.2, -0.15) is 0 Å². The highest BCUT2D eigenvalue weighted by molar-refractivity contribution is 6.19. The molecule has 0 bridgehead atoms. The maximum absolute atomic E-state index is 12.8. The highest BCUT2D eigenvalue weighted by atomic mass is 35.5. The van der Waals surface area contributed by atoms with Crippen LogP contribution >= 0.6 is 11.6 Å². The maximum atomic E-state index is 12.8. The lowest BCUT2D eigenvalue weighted by atomic mass is 10.1. The molecular weight excluding hydrogens is 324 g/mol. The number of nitrogens with one attached hydrogen (secondary N) is 1. The first kappa shape index (κ1) is 18.1. The average molecular weight is 347 g/mol. The molecule has 0 saturated heterocycles. The number of carbonyl (C=O) groups is 1. The van der Waals surface area contributed by atoms with Crippen molar-refractivity contribution in [1.82, 2.24) is 0 Å². The van der Waals surface area contributed by atoms with E-state index < -0.39 is 5.56 Å². The van der Waals surface area contributed by atoms with E-state index in [4.69, 9.17) is 16.3 Å². The minimum Gasteiger partial charge on any atom is -0.473 e. The molecule has 2 rings (SSSR count). The molecule has 1 N–H and O–H groups in total. The van der Waals surface area contributed by atoms with E-state index in [0.29, 0.717) is 11.3 Å². The zero-order chi connectivity index (χ0) is 17.5. The molecule has 0 radical (unpaired) electrons. The molecule has 1 unspecified atom stereocenters. The van der Waals surface area contributed by atoms with Crippen molar-refractivity contribution in [2.24, 2.45) is 0 Å². The Hall–Kier alpha value is -2.20. The second-order valence-electron chi connectivity index (χ2n) is 5.31. The van der Waals surface area contributed by atoms with Crippen LogP contribution in [0.25, 0.3) is 0 Å². The van der Waals surface area contributed by atoms with Gasteiger partial charge in [-0.15, -0.1) is 0 Å². The molecule has 2 aromatic carbocycles. The number of nitrogens with zero attached hydrogens (tertiary/aromatic N) is 1. The fourth-order valence-corrected chi connectivity index (χ4v) is 2.66. The van der Waals surface area contributed by atoms with Crippen LogP contribution in [0.15, 0.2) is 48.5 Å². The van der Waals surface area contributed by atoms with Crippen molar-refractivity contribution < 1.29 is 9.53 Å². The summed E-state index contributed by atoms with van der Waals surface area (Å²) < 4.78 is 5.71. The van der Waals surface area contributed by atoms with Gasteiger partial charge in [-0.25, -0.2) is 0 Å². The lowest BCUT2D eigenvalue weighted by molar-refractivity contribution is 0.102. The molecule has 1 atom stereocenters. The minimum atomic E-state index is -0.480. The molecule has 0 fully saturated rings. The predicted molar refractivity (Wildman–Crippen MR) is 100 cm³/mol. The van der Waals surface area contributed by atoms with E-state index in [2.05, 4.69) is 10.2 Å². The van der Waals surface area contributed by atoms with Gasteiger partial charge >= 0.3 is 0 Å². The second kappa shape index (κ2) is 8.60. The van der Waals surface area contributed by atoms with Gasteiger partial charge in [0.15, 0.2) is 5.56 Å². The monoisotopic (exact) mass is 346 g/mol. The highest BCUT2D eigenvalue weighted by Crippen LogP contribution is 2.34. The summed E-state index contributed by atoms with van der Waals surface area (Å²) in [7, 11) is 0. The third-order valence-electron chi connectivity index (χ3n) is 3.64. The van der Waals surface area contributed by atoms with Crippen LogP contribution in [0.5, 0.6) is 5.75 Å². The average Bonchev–Trinajstić information content (AvgIpc) is 2.57. The van der Waals surface area contributed by atoms with Crippen molar-refractivity contribution in [3.63, 3.8) is 0 Å². The normalized spacial score (nSPS) is 11.7. The largest absolute Gasteiger partial charge is 0.473 e. The molecule has 0 aliphatic heterocycles. The van der Waals surface area contributed by atoms with Gasteiger partial charge < -0.3 is 15.0 Å². The number of hydrogen-bond acceptors (Lipinski definition) is 3. The Morgan fingerprint density at radius 1 is 1.12 bits per heavy atom. The summed E-state index contributed by atoms with van der Waals surface area (Å²) in [6.07, 6.45) is 0. The number of carbonyl (C=O) groups excluding carboxylic acids is 1. The van der Waals surface area contributed by atoms with Crippen LogP contribution in [0.4, 0.5) is 11.4 Å². The first-order valence-corrected chi connectivity index (χ1v) is 8.55. The Bertz CT molecular complexity index is 670. The topological polar surface area (TPSA) is 41.6 Å². The fourth-order valence-electron chi connectivity index (χ4n) is 2.56. The number of benzene rings is 2. The summed E-state index contributed by atoms with van der Waals surface area (Å²) in [5, 5.41) is 2.93. The van der Waals surface area contributed by atoms with Crippen molar-refractivity contribution in [3.05, 3.63) is 54.1 Å². The van der Waals surface area contributed by atoms with Gasteiger partial charge in [0.1, 0.15) is 5.75 Å². The first-order valence-electron chi connectivity index (χ1n) is 8.11. The number of para-hydroxylation sites is 2. The third-order valence-corrected chi connectivity index (χ3v) is 3.73. The van der Waals surface area contributed by atoms with Crippen LogP contribution in [0, 0.1) is 0 Å². The Morgan fingerprint density at radius 3 is 2.38 bits per heavy atom. The first-order chi connectivity index (χ1) is 11.6. The zero-order valence-corrected chi connectivity index (χ0v) is 15.0. The van der Waals surface area contributed by atoms with Crippen LogP contribution in [0.1, 0.15) is 31.1 Å². The van der Waals surface area contributed by atoms with Crippen molar-refractivity contribution in [2.75, 3.05) is 23.3 Å². The molecule has 0 saturated carbocycles. The smallest absolute Gasteiger partial charge is 0.257 e. The summed E-state index contributed by atoms with van der Waals surface area (Å²) >= 11 is 6.00. The lowest BCUT2D eigenvalue weighted by Gasteiger charge is -2.27. The van der Waals surface area contributed by atoms with Gasteiger partial charge in [0.05, 0.1) is 11.3 Å². The van der Waals surface area contributed by atoms with E-state index in [1.807, 2.05) is 56.3 Å². The van der Waals surface area contributed by atoms with E-state index >= 15 is 0 Å². The molecular formula is C19H23ClN2O2. The zero-order valence-electron chi connectivity index (χ0n) is 14.3. The van der Waals surface area contributed by atoms with Gasteiger partial charge in [0, 0.05) is 18.8 Å². The van der Waals surface area contributed by atoms with Gasteiger partial charge in [0.2, 0.25) is 0 Å². The van der Waals surface area contributed by atoms with Gasteiger partial charge in [-0.05, 0) is 45.0 Å². The number of amides is 1. The van der Waals surface area contributed by atoms with Crippen molar-refractivity contribution in [2.45, 2.75) is 26.3 Å². The predicted octanol–water partition coefficient (Wildman–Crippen LogP) is 4.75. The maximum Gasteiger partial charge on any atom is 0.257 e. The Morgan fingerprint density at radius 2 is 1.79 bits per heavy atom. The standard InChI is InChI=1S/C19H23ClN2O2/c1-4-22(5-2)18-16(12-9-13-17(18)24-14(3)20)19(23)21-15-10-7-6-8-11-15/h6-14H,4-5H2,1-3H3,(H,21,23). The van der Waals surface area contributed by atoms with E-state index in [9.17, 15) is 4.79 Å². The Labute approximate surface area is 148 Å². The van der Waals surface area contributed by atoms with E-state index in [1.165, 1.54) is 0 Å². The number of halogens is 1. The third kappa shape index (κ3) is 4.42. The van der Waals surface area contributed by atoms with Crippen LogP contribution in [0.3, 0.4) is 0 Å². The molecule has 0 heterocycles. The summed E-state index contributed by atoms with van der Waals surface area (Å²) in [6.45, 7) is 7.37. The molecule has 5 heteroatoms. The van der Waals surface area contributed by atoms with Crippen LogP contribution in [-0.2, 0) is 0 Å². The van der Waals surface area contributed by atoms with E-state index in [-0.39, 0.29) is 5.91 Å². The lowest BCUT2D eigenvalue weighted by Crippen LogP contribution is -2.26. The minimum absolute atomic E-state index is 0.171. The van der Waals surface area contributed by atoms with Gasteiger partial charge in [-0.1, -0.05) is 35.9 Å². The van der Waals surface area contributed by atoms with Crippen molar-refractivity contribution in [1.29, 1.82) is 0 Å². The van der Waals surface area contributed by atoms with Crippen molar-refractivity contribution >= 4 is 28.9 Å². The molecule has 128 valence electrons. The molecule has 0 spiro atoms. The van der Waals surface area contributed by atoms with Crippen molar-refractivity contribution in [3.8, 4) is 5.75 Å². The molecule has 2 aromatic rings. The fraction of sp³-hybridized carbons (Fsp3) is 0.316.